The lowest BCUT2D eigenvalue weighted by Gasteiger charge is -2.27. The Bertz CT molecular complexity index is 3130. The molecule has 0 spiro atoms. The molecule has 0 radical (unpaired) electrons. The largest absolute Gasteiger partial charge is 0.456 e. The summed E-state index contributed by atoms with van der Waals surface area (Å²) in [7, 11) is 0. The number of rotatable bonds is 4. The van der Waals surface area contributed by atoms with Gasteiger partial charge in [-0.2, -0.15) is 0 Å². The second-order valence-corrected chi connectivity index (χ2v) is 13.9. The minimum atomic E-state index is 0.856. The Hall–Kier alpha value is -6.36. The first-order valence-corrected chi connectivity index (χ1v) is 17.7. The normalized spacial score (nSPS) is 12.0. The fourth-order valence-electron chi connectivity index (χ4n) is 7.80. The van der Waals surface area contributed by atoms with E-state index in [0.29, 0.717) is 0 Å². The van der Waals surface area contributed by atoms with Gasteiger partial charge in [0.1, 0.15) is 22.3 Å². The van der Waals surface area contributed by atoms with Crippen LogP contribution in [0.5, 0.6) is 0 Å². The first-order chi connectivity index (χ1) is 24.8. The molecule has 0 saturated carbocycles. The van der Waals surface area contributed by atoms with Gasteiger partial charge >= 0.3 is 0 Å². The molecule has 0 aliphatic carbocycles. The maximum Gasteiger partial charge on any atom is 0.143 e. The van der Waals surface area contributed by atoms with Crippen LogP contribution in [-0.4, -0.2) is 0 Å². The summed E-state index contributed by atoms with van der Waals surface area (Å²) in [6.45, 7) is 0. The summed E-state index contributed by atoms with van der Waals surface area (Å²) < 4.78 is 15.7. The van der Waals surface area contributed by atoms with Crippen molar-refractivity contribution in [1.29, 1.82) is 0 Å². The molecule has 234 valence electrons. The zero-order valence-corrected chi connectivity index (χ0v) is 27.6. The summed E-state index contributed by atoms with van der Waals surface area (Å²) in [6, 6.07) is 58.3. The van der Waals surface area contributed by atoms with Crippen molar-refractivity contribution >= 4 is 103 Å². The van der Waals surface area contributed by atoms with E-state index in [0.717, 1.165) is 77.3 Å². The first-order valence-electron chi connectivity index (χ1n) is 16.8. The molecule has 0 bridgehead atoms. The lowest BCUT2D eigenvalue weighted by molar-refractivity contribution is 0.669. The van der Waals surface area contributed by atoms with E-state index >= 15 is 0 Å². The van der Waals surface area contributed by atoms with Crippen LogP contribution in [0.4, 0.5) is 17.1 Å². The monoisotopic (exact) mass is 657 g/mol. The summed E-state index contributed by atoms with van der Waals surface area (Å²) >= 11 is 1.85. The van der Waals surface area contributed by atoms with E-state index in [-0.39, 0.29) is 0 Å². The van der Waals surface area contributed by atoms with Gasteiger partial charge in [0.05, 0.1) is 22.1 Å². The van der Waals surface area contributed by atoms with Gasteiger partial charge in [-0.15, -0.1) is 11.3 Å². The van der Waals surface area contributed by atoms with E-state index in [1.54, 1.807) is 0 Å². The molecule has 0 saturated heterocycles. The molecule has 3 aromatic heterocycles. The van der Waals surface area contributed by atoms with Gasteiger partial charge < -0.3 is 13.7 Å². The number of hydrogen-bond donors (Lipinski definition) is 0. The van der Waals surface area contributed by atoms with Gasteiger partial charge in [-0.3, -0.25) is 0 Å². The Balaban J connectivity index is 1.20. The quantitative estimate of drug-likeness (QED) is 0.189. The Labute approximate surface area is 290 Å². The van der Waals surface area contributed by atoms with Gasteiger partial charge in [0, 0.05) is 42.0 Å². The molecule has 50 heavy (non-hydrogen) atoms. The van der Waals surface area contributed by atoms with Crippen LogP contribution in [0.25, 0.3) is 85.9 Å². The van der Waals surface area contributed by atoms with Crippen molar-refractivity contribution in [2.45, 2.75) is 0 Å². The summed E-state index contributed by atoms with van der Waals surface area (Å²) in [5.74, 6) is 0. The van der Waals surface area contributed by atoms with E-state index in [9.17, 15) is 0 Å². The van der Waals surface area contributed by atoms with E-state index < -0.39 is 0 Å². The Kier molecular flexibility index (Phi) is 5.83. The van der Waals surface area contributed by atoms with Crippen molar-refractivity contribution in [3.63, 3.8) is 0 Å². The molecule has 0 unspecified atom stereocenters. The lowest BCUT2D eigenvalue weighted by atomic mass is 10.0. The molecule has 3 heterocycles. The van der Waals surface area contributed by atoms with Gasteiger partial charge in [0.25, 0.3) is 0 Å². The second kappa shape index (κ2) is 10.6. The second-order valence-electron chi connectivity index (χ2n) is 12.9. The van der Waals surface area contributed by atoms with Crippen molar-refractivity contribution < 1.29 is 8.83 Å². The van der Waals surface area contributed by atoms with Crippen LogP contribution < -0.4 is 4.90 Å². The number of furan rings is 2. The Morgan fingerprint density at radius 2 is 1.06 bits per heavy atom. The molecular weight excluding hydrogens is 631 g/mol. The molecule has 3 nitrogen and oxygen atoms in total. The zero-order valence-electron chi connectivity index (χ0n) is 26.8. The van der Waals surface area contributed by atoms with Gasteiger partial charge in [-0.25, -0.2) is 0 Å². The minimum absolute atomic E-state index is 0.856. The predicted molar refractivity (Wildman–Crippen MR) is 212 cm³/mol. The number of fused-ring (bicyclic) bond motifs is 11. The molecule has 0 aliphatic heterocycles. The number of anilines is 3. The van der Waals surface area contributed by atoms with E-state index in [1.165, 1.54) is 25.7 Å². The number of nitrogens with zero attached hydrogens (tertiary/aromatic N) is 1. The third kappa shape index (κ3) is 4.03. The highest BCUT2D eigenvalue weighted by Crippen LogP contribution is 2.48. The summed E-state index contributed by atoms with van der Waals surface area (Å²) in [5, 5.41) is 9.21. The van der Waals surface area contributed by atoms with Crippen molar-refractivity contribution in [2.75, 3.05) is 4.90 Å². The van der Waals surface area contributed by atoms with Gasteiger partial charge in [-0.05, 0) is 83.2 Å². The maximum atomic E-state index is 6.69. The standard InChI is InChI=1S/C46H27NO2S/c1-2-13-32-28(10-1)22-24-35-45-38(17-9-20-41(45)49-46(32)35)47(37-16-8-19-40-44(37)34-15-3-5-18-39(34)48-40)31-12-7-11-29(26-31)30-23-25-43-36(27-30)33-14-4-6-21-42(33)50-43/h1-27H. The smallest absolute Gasteiger partial charge is 0.143 e. The molecule has 0 atom stereocenters. The third-order valence-electron chi connectivity index (χ3n) is 10.0. The number of benzene rings is 8. The van der Waals surface area contributed by atoms with Crippen molar-refractivity contribution in [1.82, 2.24) is 0 Å². The van der Waals surface area contributed by atoms with Gasteiger partial charge in [0.2, 0.25) is 0 Å². The molecule has 0 amide bonds. The summed E-state index contributed by atoms with van der Waals surface area (Å²) in [5.41, 5.74) is 8.98. The number of thiophene rings is 1. The van der Waals surface area contributed by atoms with Crippen molar-refractivity contribution in [3.05, 3.63) is 164 Å². The maximum absolute atomic E-state index is 6.69. The molecule has 4 heteroatoms. The van der Waals surface area contributed by atoms with Gasteiger partial charge in [-0.1, -0.05) is 97.1 Å². The highest BCUT2D eigenvalue weighted by atomic mass is 32.1. The third-order valence-corrected chi connectivity index (χ3v) is 11.2. The Morgan fingerprint density at radius 3 is 1.94 bits per heavy atom. The van der Waals surface area contributed by atoms with Crippen LogP contribution in [0.1, 0.15) is 0 Å². The number of para-hydroxylation sites is 1. The molecule has 8 aromatic carbocycles. The molecule has 11 rings (SSSR count). The van der Waals surface area contributed by atoms with Crippen LogP contribution in [0.2, 0.25) is 0 Å². The van der Waals surface area contributed by atoms with Crippen LogP contribution in [0.3, 0.4) is 0 Å². The van der Waals surface area contributed by atoms with E-state index in [2.05, 4.69) is 157 Å². The lowest BCUT2D eigenvalue weighted by Crippen LogP contribution is -2.11. The zero-order chi connectivity index (χ0) is 32.8. The van der Waals surface area contributed by atoms with Crippen molar-refractivity contribution in [3.8, 4) is 11.1 Å². The van der Waals surface area contributed by atoms with Crippen LogP contribution >= 0.6 is 11.3 Å². The average molecular weight is 658 g/mol. The SMILES string of the molecule is c1cc(-c2ccc3sc4ccccc4c3c2)cc(N(c2cccc3oc4ccccc4c23)c2cccc3oc4c5ccccc5ccc4c23)c1. The minimum Gasteiger partial charge on any atom is -0.456 e. The fourth-order valence-corrected chi connectivity index (χ4v) is 8.89. The van der Waals surface area contributed by atoms with Gasteiger partial charge in [0.15, 0.2) is 0 Å². The van der Waals surface area contributed by atoms with Crippen LogP contribution in [0.15, 0.2) is 173 Å². The van der Waals surface area contributed by atoms with E-state index in [4.69, 9.17) is 8.83 Å². The van der Waals surface area contributed by atoms with Crippen LogP contribution in [-0.2, 0) is 0 Å². The predicted octanol–water partition coefficient (Wildman–Crippen LogP) is 14.1. The molecule has 0 aliphatic rings. The Morgan fingerprint density at radius 1 is 0.400 bits per heavy atom. The summed E-state index contributed by atoms with van der Waals surface area (Å²) in [4.78, 5) is 2.39. The number of hydrogen-bond acceptors (Lipinski definition) is 4. The first kappa shape index (κ1) is 27.6. The van der Waals surface area contributed by atoms with Crippen LogP contribution in [0, 0.1) is 0 Å². The summed E-state index contributed by atoms with van der Waals surface area (Å²) in [6.07, 6.45) is 0. The molecule has 0 N–H and O–H groups in total. The molecule has 0 fully saturated rings. The van der Waals surface area contributed by atoms with Crippen molar-refractivity contribution in [2.24, 2.45) is 0 Å². The highest BCUT2D eigenvalue weighted by Gasteiger charge is 2.24. The van der Waals surface area contributed by atoms with E-state index in [1.807, 2.05) is 23.5 Å². The fraction of sp³-hybridized carbons (Fsp3) is 0. The highest BCUT2D eigenvalue weighted by molar-refractivity contribution is 7.25. The topological polar surface area (TPSA) is 29.5 Å². The molecular formula is C46H27NO2S. The molecule has 11 aromatic rings. The average Bonchev–Trinajstić information content (AvgIpc) is 3.87.